The molecule has 2 rings (SSSR count). The van der Waals surface area contributed by atoms with Gasteiger partial charge in [-0.2, -0.15) is 0 Å². The van der Waals surface area contributed by atoms with Gasteiger partial charge < -0.3 is 11.1 Å². The summed E-state index contributed by atoms with van der Waals surface area (Å²) in [5.41, 5.74) is 5.88. The predicted molar refractivity (Wildman–Crippen MR) is 70.1 cm³/mol. The van der Waals surface area contributed by atoms with Crippen molar-refractivity contribution in [2.75, 3.05) is 11.9 Å². The summed E-state index contributed by atoms with van der Waals surface area (Å²) in [4.78, 5) is 8.35. The quantitative estimate of drug-likeness (QED) is 0.870. The van der Waals surface area contributed by atoms with Crippen molar-refractivity contribution < 1.29 is 0 Å². The van der Waals surface area contributed by atoms with Gasteiger partial charge >= 0.3 is 0 Å². The normalized spacial score (nSPS) is 29.0. The van der Waals surface area contributed by atoms with Crippen LogP contribution in [0.25, 0.3) is 0 Å². The third-order valence-corrected chi connectivity index (χ3v) is 3.81. The van der Waals surface area contributed by atoms with E-state index in [0.717, 1.165) is 18.8 Å². The molecule has 0 spiro atoms. The number of nitrogens with two attached hydrogens (primary N) is 1. The highest BCUT2D eigenvalue weighted by Crippen LogP contribution is 2.33. The standard InChI is InChI=1S/C12H19ClN4/c1-9-2-4-12(8-14,5-3-9)17-11-15-6-10(13)7-16-11/h6-7,9H,2-5,8,14H2,1H3,(H,15,16,17). The van der Waals surface area contributed by atoms with Crippen LogP contribution in [0.4, 0.5) is 5.95 Å². The largest absolute Gasteiger partial charge is 0.348 e. The second kappa shape index (κ2) is 5.19. The molecule has 0 radical (unpaired) electrons. The third-order valence-electron chi connectivity index (χ3n) is 3.62. The van der Waals surface area contributed by atoms with Gasteiger partial charge in [0.05, 0.1) is 23.0 Å². The zero-order chi connectivity index (χ0) is 12.3. The summed E-state index contributed by atoms with van der Waals surface area (Å²) in [5.74, 6) is 1.41. The van der Waals surface area contributed by atoms with Crippen molar-refractivity contribution in [2.45, 2.75) is 38.1 Å². The molecule has 0 saturated heterocycles. The van der Waals surface area contributed by atoms with Gasteiger partial charge in [0.15, 0.2) is 0 Å². The first-order chi connectivity index (χ1) is 8.13. The molecule has 0 amide bonds. The fraction of sp³-hybridized carbons (Fsp3) is 0.667. The lowest BCUT2D eigenvalue weighted by Gasteiger charge is -2.39. The average Bonchev–Trinajstić information content (AvgIpc) is 2.35. The van der Waals surface area contributed by atoms with Gasteiger partial charge in [-0.3, -0.25) is 0 Å². The Bertz CT molecular complexity index is 357. The second-order valence-corrected chi connectivity index (χ2v) is 5.45. The lowest BCUT2D eigenvalue weighted by molar-refractivity contribution is 0.270. The smallest absolute Gasteiger partial charge is 0.223 e. The Morgan fingerprint density at radius 1 is 1.41 bits per heavy atom. The van der Waals surface area contributed by atoms with E-state index >= 15 is 0 Å². The highest BCUT2D eigenvalue weighted by Gasteiger charge is 2.33. The van der Waals surface area contributed by atoms with Gasteiger partial charge in [0, 0.05) is 6.54 Å². The molecule has 0 atom stereocenters. The second-order valence-electron chi connectivity index (χ2n) is 5.02. The highest BCUT2D eigenvalue weighted by atomic mass is 35.5. The Balaban J connectivity index is 2.06. The van der Waals surface area contributed by atoms with E-state index in [4.69, 9.17) is 17.3 Å². The molecular formula is C12H19ClN4. The minimum absolute atomic E-state index is 0.0413. The summed E-state index contributed by atoms with van der Waals surface area (Å²) in [6, 6.07) is 0. The van der Waals surface area contributed by atoms with Crippen LogP contribution >= 0.6 is 11.6 Å². The van der Waals surface area contributed by atoms with E-state index in [0.29, 0.717) is 17.5 Å². The van der Waals surface area contributed by atoms with Crippen LogP contribution < -0.4 is 11.1 Å². The molecule has 1 heterocycles. The van der Waals surface area contributed by atoms with Crippen LogP contribution in [0.15, 0.2) is 12.4 Å². The van der Waals surface area contributed by atoms with Crippen molar-refractivity contribution in [1.29, 1.82) is 0 Å². The molecular weight excluding hydrogens is 236 g/mol. The molecule has 17 heavy (non-hydrogen) atoms. The SMILES string of the molecule is CC1CCC(CN)(Nc2ncc(Cl)cn2)CC1. The Morgan fingerprint density at radius 3 is 2.53 bits per heavy atom. The fourth-order valence-corrected chi connectivity index (χ4v) is 2.41. The molecule has 0 aliphatic heterocycles. The number of hydrogen-bond donors (Lipinski definition) is 2. The number of aromatic nitrogens is 2. The van der Waals surface area contributed by atoms with Crippen LogP contribution in [0, 0.1) is 5.92 Å². The van der Waals surface area contributed by atoms with Crippen molar-refractivity contribution in [3.8, 4) is 0 Å². The van der Waals surface area contributed by atoms with Gasteiger partial charge in [-0.1, -0.05) is 18.5 Å². The minimum atomic E-state index is -0.0413. The molecule has 1 aliphatic carbocycles. The molecule has 4 nitrogen and oxygen atoms in total. The summed E-state index contributed by atoms with van der Waals surface area (Å²) >= 11 is 5.76. The number of hydrogen-bond acceptors (Lipinski definition) is 4. The summed E-state index contributed by atoms with van der Waals surface area (Å²) in [5, 5.41) is 3.94. The first-order valence-corrected chi connectivity index (χ1v) is 6.47. The van der Waals surface area contributed by atoms with E-state index in [1.165, 1.54) is 12.8 Å². The van der Waals surface area contributed by atoms with Crippen LogP contribution in [0.1, 0.15) is 32.6 Å². The van der Waals surface area contributed by atoms with Crippen molar-refractivity contribution in [3.63, 3.8) is 0 Å². The topological polar surface area (TPSA) is 63.8 Å². The molecule has 1 aliphatic rings. The molecule has 1 aromatic heterocycles. The molecule has 1 fully saturated rings. The number of rotatable bonds is 3. The molecule has 1 saturated carbocycles. The summed E-state index contributed by atoms with van der Waals surface area (Å²) < 4.78 is 0. The van der Waals surface area contributed by atoms with Gasteiger partial charge in [0.1, 0.15) is 0 Å². The zero-order valence-electron chi connectivity index (χ0n) is 10.1. The van der Waals surface area contributed by atoms with Crippen molar-refractivity contribution in [3.05, 3.63) is 17.4 Å². The van der Waals surface area contributed by atoms with Crippen molar-refractivity contribution in [1.82, 2.24) is 9.97 Å². The van der Waals surface area contributed by atoms with E-state index in [1.807, 2.05) is 0 Å². The lowest BCUT2D eigenvalue weighted by Crippen LogP contribution is -2.48. The predicted octanol–water partition coefficient (Wildman–Crippen LogP) is 2.45. The Hall–Kier alpha value is -0.870. The summed E-state index contributed by atoms with van der Waals surface area (Å²) in [6.45, 7) is 2.91. The number of halogens is 1. The molecule has 94 valence electrons. The fourth-order valence-electron chi connectivity index (χ4n) is 2.31. The zero-order valence-corrected chi connectivity index (χ0v) is 10.9. The average molecular weight is 255 g/mol. The molecule has 0 aromatic carbocycles. The molecule has 0 bridgehead atoms. The van der Waals surface area contributed by atoms with Crippen LogP contribution in [0.2, 0.25) is 5.02 Å². The van der Waals surface area contributed by atoms with Gasteiger partial charge in [0.25, 0.3) is 0 Å². The van der Waals surface area contributed by atoms with Gasteiger partial charge in [-0.05, 0) is 31.6 Å². The Labute approximate surface area is 107 Å². The molecule has 0 unspecified atom stereocenters. The number of anilines is 1. The van der Waals surface area contributed by atoms with Crippen LogP contribution in [-0.4, -0.2) is 22.1 Å². The Kier molecular flexibility index (Phi) is 3.84. The maximum atomic E-state index is 5.92. The summed E-state index contributed by atoms with van der Waals surface area (Å²) in [6.07, 6.45) is 7.78. The maximum Gasteiger partial charge on any atom is 0.223 e. The molecule has 1 aromatic rings. The van der Waals surface area contributed by atoms with E-state index in [2.05, 4.69) is 22.2 Å². The van der Waals surface area contributed by atoms with Crippen LogP contribution in [-0.2, 0) is 0 Å². The third kappa shape index (κ3) is 3.07. The van der Waals surface area contributed by atoms with Crippen molar-refractivity contribution >= 4 is 17.5 Å². The van der Waals surface area contributed by atoms with Gasteiger partial charge in [-0.15, -0.1) is 0 Å². The van der Waals surface area contributed by atoms with E-state index in [-0.39, 0.29) is 5.54 Å². The molecule has 3 N–H and O–H groups in total. The lowest BCUT2D eigenvalue weighted by atomic mass is 9.77. The first-order valence-electron chi connectivity index (χ1n) is 6.09. The van der Waals surface area contributed by atoms with Gasteiger partial charge in [-0.25, -0.2) is 9.97 Å². The Morgan fingerprint density at radius 2 is 2.00 bits per heavy atom. The number of nitrogens with zero attached hydrogens (tertiary/aromatic N) is 2. The highest BCUT2D eigenvalue weighted by molar-refractivity contribution is 6.30. The van der Waals surface area contributed by atoms with Crippen LogP contribution in [0.5, 0.6) is 0 Å². The summed E-state index contributed by atoms with van der Waals surface area (Å²) in [7, 11) is 0. The van der Waals surface area contributed by atoms with Gasteiger partial charge in [0.2, 0.25) is 5.95 Å². The van der Waals surface area contributed by atoms with Crippen LogP contribution in [0.3, 0.4) is 0 Å². The van der Waals surface area contributed by atoms with E-state index in [1.54, 1.807) is 12.4 Å². The van der Waals surface area contributed by atoms with E-state index < -0.39 is 0 Å². The minimum Gasteiger partial charge on any atom is -0.348 e. The first kappa shape index (κ1) is 12.6. The molecule has 5 heteroatoms. The van der Waals surface area contributed by atoms with E-state index in [9.17, 15) is 0 Å². The number of nitrogens with one attached hydrogen (secondary N) is 1. The van der Waals surface area contributed by atoms with Crippen molar-refractivity contribution in [2.24, 2.45) is 11.7 Å². The maximum absolute atomic E-state index is 5.92. The monoisotopic (exact) mass is 254 g/mol.